The van der Waals surface area contributed by atoms with Crippen molar-refractivity contribution in [2.75, 3.05) is 24.5 Å². The lowest BCUT2D eigenvalue weighted by molar-refractivity contribution is 0.0218. The van der Waals surface area contributed by atoms with Crippen molar-refractivity contribution in [2.45, 2.75) is 59.6 Å². The molecule has 0 aliphatic carbocycles. The molecule has 4 heterocycles. The monoisotopic (exact) mass is 532 g/mol. The van der Waals surface area contributed by atoms with Crippen molar-refractivity contribution in [3.8, 4) is 5.69 Å². The van der Waals surface area contributed by atoms with Gasteiger partial charge < -0.3 is 14.5 Å². The minimum atomic E-state index is -0.580. The highest BCUT2D eigenvalue weighted by Gasteiger charge is 2.32. The predicted molar refractivity (Wildman–Crippen MR) is 142 cm³/mol. The Hall–Kier alpha value is -2.91. The number of carbonyl (C=O) groups excluding carboxylic acids is 1. The van der Waals surface area contributed by atoms with Crippen LogP contribution in [0.25, 0.3) is 16.7 Å². The number of pyridine rings is 2. The molecule has 0 radical (unpaired) electrons. The summed E-state index contributed by atoms with van der Waals surface area (Å²) in [7, 11) is 0. The van der Waals surface area contributed by atoms with E-state index in [9.17, 15) is 9.59 Å². The number of hydrogen-bond donors (Lipinski definition) is 0. The van der Waals surface area contributed by atoms with Crippen molar-refractivity contribution in [2.24, 2.45) is 0 Å². The van der Waals surface area contributed by atoms with Crippen LogP contribution in [-0.4, -0.2) is 61.8 Å². The number of carbonyl (C=O) groups is 1. The molecule has 0 aromatic carbocycles. The van der Waals surface area contributed by atoms with E-state index >= 15 is 0 Å². The van der Waals surface area contributed by atoms with E-state index in [-0.39, 0.29) is 22.3 Å². The van der Waals surface area contributed by atoms with Crippen LogP contribution in [0.4, 0.5) is 10.6 Å². The largest absolute Gasteiger partial charge is 0.444 e. The van der Waals surface area contributed by atoms with Crippen molar-refractivity contribution >= 4 is 46.1 Å². The van der Waals surface area contributed by atoms with Crippen molar-refractivity contribution in [3.05, 3.63) is 50.2 Å². The van der Waals surface area contributed by atoms with Crippen molar-refractivity contribution < 1.29 is 9.53 Å². The van der Waals surface area contributed by atoms with E-state index in [0.29, 0.717) is 48.6 Å². The molecule has 0 unspecified atom stereocenters. The summed E-state index contributed by atoms with van der Waals surface area (Å²) in [4.78, 5) is 43.3. The highest BCUT2D eigenvalue weighted by atomic mass is 35.5. The number of hydrogen-bond acceptors (Lipinski definition) is 7. The van der Waals surface area contributed by atoms with Gasteiger partial charge in [-0.2, -0.15) is 4.98 Å². The molecule has 1 atom stereocenters. The molecule has 36 heavy (non-hydrogen) atoms. The molecule has 9 nitrogen and oxygen atoms in total. The summed E-state index contributed by atoms with van der Waals surface area (Å²) in [6.07, 6.45) is 1.98. The molecule has 0 bridgehead atoms. The van der Waals surface area contributed by atoms with Gasteiger partial charge in [-0.25, -0.2) is 19.1 Å². The summed E-state index contributed by atoms with van der Waals surface area (Å²) in [5, 5.41) is 0.944. The van der Waals surface area contributed by atoms with Crippen molar-refractivity contribution in [1.82, 2.24) is 24.4 Å². The normalized spacial score (nSPS) is 16.5. The zero-order valence-corrected chi connectivity index (χ0v) is 22.8. The molecule has 0 spiro atoms. The highest BCUT2D eigenvalue weighted by Crippen LogP contribution is 2.33. The average Bonchev–Trinajstić information content (AvgIpc) is 2.79. The lowest BCUT2D eigenvalue weighted by Gasteiger charge is -2.41. The second-order valence-electron chi connectivity index (χ2n) is 9.93. The third-order valence-corrected chi connectivity index (χ3v) is 6.74. The zero-order chi connectivity index (χ0) is 26.4. The van der Waals surface area contributed by atoms with Crippen LogP contribution in [0.1, 0.15) is 45.9 Å². The number of rotatable bonds is 3. The minimum absolute atomic E-state index is 0.0943. The van der Waals surface area contributed by atoms with Gasteiger partial charge in [-0.1, -0.05) is 30.1 Å². The maximum Gasteiger partial charge on any atom is 0.410 e. The molecule has 3 aromatic rings. The van der Waals surface area contributed by atoms with E-state index < -0.39 is 11.3 Å². The molecule has 1 saturated heterocycles. The van der Waals surface area contributed by atoms with Crippen LogP contribution in [0.5, 0.6) is 0 Å². The van der Waals surface area contributed by atoms with E-state index in [2.05, 4.69) is 15.0 Å². The summed E-state index contributed by atoms with van der Waals surface area (Å²) < 4.78 is 7.00. The Kier molecular flexibility index (Phi) is 7.16. The maximum atomic E-state index is 13.5. The standard InChI is InChI=1S/C25H30Cl2N6O3/c1-7-18-19(14(2)8-9-28-18)33-22-16(12-17(26)20(27)29-22)21(30-23(33)34)32-11-10-31(13-15(32)3)24(35)36-25(4,5)6/h8-9,12,15H,7,10-11,13H2,1-6H3/t15-/m0/s1. The Labute approximate surface area is 220 Å². The Bertz CT molecular complexity index is 1380. The first-order valence-electron chi connectivity index (χ1n) is 11.9. The number of ether oxygens (including phenoxy) is 1. The molecule has 1 amide bonds. The second kappa shape index (κ2) is 9.86. The summed E-state index contributed by atoms with van der Waals surface area (Å²) in [5.74, 6) is 0.452. The van der Waals surface area contributed by atoms with Crippen LogP contribution in [0.15, 0.2) is 23.1 Å². The fourth-order valence-corrected chi connectivity index (χ4v) is 4.73. The summed E-state index contributed by atoms with van der Waals surface area (Å²) in [6.45, 7) is 12.7. The molecule has 11 heteroatoms. The number of anilines is 1. The quantitative estimate of drug-likeness (QED) is 0.447. The van der Waals surface area contributed by atoms with Gasteiger partial charge in [0.2, 0.25) is 0 Å². The molecule has 3 aromatic heterocycles. The van der Waals surface area contributed by atoms with Crippen molar-refractivity contribution in [3.63, 3.8) is 0 Å². The molecular formula is C25H30Cl2N6O3. The van der Waals surface area contributed by atoms with Gasteiger partial charge in [0.15, 0.2) is 5.65 Å². The Morgan fingerprint density at radius 2 is 1.94 bits per heavy atom. The first kappa shape index (κ1) is 26.2. The number of piperazine rings is 1. The minimum Gasteiger partial charge on any atom is -0.444 e. The van der Waals surface area contributed by atoms with Crippen LogP contribution < -0.4 is 10.6 Å². The third kappa shape index (κ3) is 4.99. The molecule has 192 valence electrons. The number of aryl methyl sites for hydroxylation is 2. The molecule has 1 aliphatic rings. The average molecular weight is 533 g/mol. The number of fused-ring (bicyclic) bond motifs is 1. The SMILES string of the molecule is CCc1nccc(C)c1-n1c(=O)nc(N2CCN(C(=O)OC(C)(C)C)C[C@@H]2C)c2cc(Cl)c(Cl)nc21. The van der Waals surface area contributed by atoms with Gasteiger partial charge in [0.05, 0.1) is 21.8 Å². The first-order chi connectivity index (χ1) is 16.9. The maximum absolute atomic E-state index is 13.5. The van der Waals surface area contributed by atoms with E-state index in [1.165, 1.54) is 4.57 Å². The van der Waals surface area contributed by atoms with Crippen LogP contribution in [0.2, 0.25) is 10.2 Å². The van der Waals surface area contributed by atoms with Gasteiger partial charge in [-0.15, -0.1) is 0 Å². The first-order valence-corrected chi connectivity index (χ1v) is 12.6. The fraction of sp³-hybridized carbons (Fsp3) is 0.480. The topological polar surface area (TPSA) is 93.5 Å². The number of nitrogens with zero attached hydrogens (tertiary/aromatic N) is 6. The Morgan fingerprint density at radius 1 is 1.22 bits per heavy atom. The molecule has 1 aliphatic heterocycles. The van der Waals surface area contributed by atoms with E-state index in [0.717, 1.165) is 11.3 Å². The van der Waals surface area contributed by atoms with Gasteiger partial charge in [-0.05, 0) is 58.7 Å². The third-order valence-electron chi connectivity index (χ3n) is 6.07. The van der Waals surface area contributed by atoms with E-state index in [1.54, 1.807) is 17.2 Å². The van der Waals surface area contributed by atoms with Crippen LogP contribution in [0.3, 0.4) is 0 Å². The van der Waals surface area contributed by atoms with Crippen LogP contribution >= 0.6 is 23.2 Å². The molecule has 1 fully saturated rings. The van der Waals surface area contributed by atoms with Crippen LogP contribution in [0, 0.1) is 6.92 Å². The van der Waals surface area contributed by atoms with Gasteiger partial charge in [0, 0.05) is 31.9 Å². The molecular weight excluding hydrogens is 503 g/mol. The molecule has 0 N–H and O–H groups in total. The second-order valence-corrected chi connectivity index (χ2v) is 10.7. The van der Waals surface area contributed by atoms with E-state index in [4.69, 9.17) is 27.9 Å². The van der Waals surface area contributed by atoms with Gasteiger partial charge in [0.25, 0.3) is 0 Å². The lowest BCUT2D eigenvalue weighted by Crippen LogP contribution is -2.55. The number of halogens is 2. The lowest BCUT2D eigenvalue weighted by atomic mass is 10.1. The van der Waals surface area contributed by atoms with Gasteiger partial charge in [0.1, 0.15) is 16.6 Å². The molecule has 0 saturated carbocycles. The van der Waals surface area contributed by atoms with E-state index in [1.807, 2.05) is 52.5 Å². The zero-order valence-electron chi connectivity index (χ0n) is 21.3. The Balaban J connectivity index is 1.83. The van der Waals surface area contributed by atoms with Gasteiger partial charge >= 0.3 is 11.8 Å². The molecule has 4 rings (SSSR count). The Morgan fingerprint density at radius 3 is 2.58 bits per heavy atom. The fourth-order valence-electron chi connectivity index (χ4n) is 4.44. The van der Waals surface area contributed by atoms with Crippen LogP contribution in [-0.2, 0) is 11.2 Å². The number of amides is 1. The predicted octanol–water partition coefficient (Wildman–Crippen LogP) is 4.80. The highest BCUT2D eigenvalue weighted by molar-refractivity contribution is 6.41. The summed E-state index contributed by atoms with van der Waals surface area (Å²) >= 11 is 12.7. The summed E-state index contributed by atoms with van der Waals surface area (Å²) in [5.41, 5.74) is 1.54. The number of aromatic nitrogens is 4. The smallest absolute Gasteiger partial charge is 0.410 e. The van der Waals surface area contributed by atoms with Gasteiger partial charge in [-0.3, -0.25) is 4.98 Å². The van der Waals surface area contributed by atoms with Crippen molar-refractivity contribution in [1.29, 1.82) is 0 Å². The summed E-state index contributed by atoms with van der Waals surface area (Å²) in [6, 6.07) is 3.39.